The zero-order valence-electron chi connectivity index (χ0n) is 13.6. The molecule has 1 rings (SSSR count). The molecule has 0 aliphatic carbocycles. The van der Waals surface area contributed by atoms with Crippen molar-refractivity contribution in [1.29, 1.82) is 0 Å². The maximum Gasteiger partial charge on any atom is 0.330 e. The Kier molecular flexibility index (Phi) is 9.11. The summed E-state index contributed by atoms with van der Waals surface area (Å²) in [7, 11) is -4.16. The molecule has 134 valence electrons. The van der Waals surface area contributed by atoms with Crippen molar-refractivity contribution in [2.75, 3.05) is 13.2 Å². The lowest BCUT2D eigenvalue weighted by atomic mass is 10.1. The Morgan fingerprint density at radius 1 is 1.00 bits per heavy atom. The Balaban J connectivity index is 2.02. The van der Waals surface area contributed by atoms with E-state index in [2.05, 4.69) is 6.58 Å². The van der Waals surface area contributed by atoms with Crippen LogP contribution in [0.1, 0.15) is 38.5 Å². The summed E-state index contributed by atoms with van der Waals surface area (Å²) in [6, 6.07) is 5.66. The summed E-state index contributed by atoms with van der Waals surface area (Å²) in [6.07, 6.45) is 7.14. The molecular formula is C17H24O6S. The molecule has 0 aliphatic heterocycles. The first-order chi connectivity index (χ1) is 11.4. The number of unbranched alkanes of at least 4 members (excludes halogenated alkanes) is 5. The van der Waals surface area contributed by atoms with E-state index >= 15 is 0 Å². The smallest absolute Gasteiger partial charge is 0.330 e. The van der Waals surface area contributed by atoms with Gasteiger partial charge in [-0.3, -0.25) is 4.55 Å². The molecule has 0 fully saturated rings. The SMILES string of the molecule is C=CC(=O)OCCCCCCCCOc1ccc(S(=O)(=O)O)cc1. The van der Waals surface area contributed by atoms with Crippen LogP contribution in [0.15, 0.2) is 41.8 Å². The van der Waals surface area contributed by atoms with Crippen LogP contribution in [0.25, 0.3) is 0 Å². The topological polar surface area (TPSA) is 89.9 Å². The highest BCUT2D eigenvalue weighted by Crippen LogP contribution is 2.16. The van der Waals surface area contributed by atoms with Crippen LogP contribution in [0.2, 0.25) is 0 Å². The van der Waals surface area contributed by atoms with Crippen molar-refractivity contribution in [2.45, 2.75) is 43.4 Å². The monoisotopic (exact) mass is 356 g/mol. The lowest BCUT2D eigenvalue weighted by Crippen LogP contribution is -2.01. The van der Waals surface area contributed by atoms with Gasteiger partial charge in [0.1, 0.15) is 5.75 Å². The Bertz CT molecular complexity index is 606. The highest BCUT2D eigenvalue weighted by atomic mass is 32.2. The summed E-state index contributed by atoms with van der Waals surface area (Å²) >= 11 is 0. The Hall–Kier alpha value is -1.86. The second-order valence-electron chi connectivity index (χ2n) is 5.29. The lowest BCUT2D eigenvalue weighted by Gasteiger charge is -2.07. The van der Waals surface area contributed by atoms with Crippen molar-refractivity contribution in [3.8, 4) is 5.75 Å². The van der Waals surface area contributed by atoms with Gasteiger partial charge in [-0.2, -0.15) is 8.42 Å². The van der Waals surface area contributed by atoms with Crippen molar-refractivity contribution in [1.82, 2.24) is 0 Å². The van der Waals surface area contributed by atoms with Crippen LogP contribution >= 0.6 is 0 Å². The summed E-state index contributed by atoms with van der Waals surface area (Å²) in [6.45, 7) is 4.33. The molecule has 0 heterocycles. The van der Waals surface area contributed by atoms with Gasteiger partial charge in [0.15, 0.2) is 0 Å². The van der Waals surface area contributed by atoms with Gasteiger partial charge in [0.05, 0.1) is 18.1 Å². The van der Waals surface area contributed by atoms with Crippen molar-refractivity contribution >= 4 is 16.1 Å². The zero-order valence-corrected chi connectivity index (χ0v) is 14.5. The summed E-state index contributed by atoms with van der Waals surface area (Å²) in [5.74, 6) is 0.197. The summed E-state index contributed by atoms with van der Waals surface area (Å²) in [4.78, 5) is 10.7. The van der Waals surface area contributed by atoms with Crippen LogP contribution in [0.4, 0.5) is 0 Å². The van der Waals surface area contributed by atoms with Crippen molar-refractivity contribution < 1.29 is 27.2 Å². The fourth-order valence-electron chi connectivity index (χ4n) is 2.04. The third-order valence-corrected chi connectivity index (χ3v) is 4.21. The average molecular weight is 356 g/mol. The largest absolute Gasteiger partial charge is 0.494 e. The van der Waals surface area contributed by atoms with E-state index in [1.807, 2.05) is 0 Å². The fraction of sp³-hybridized carbons (Fsp3) is 0.471. The molecule has 1 aromatic carbocycles. The molecule has 0 amide bonds. The van der Waals surface area contributed by atoms with Gasteiger partial charge in [-0.15, -0.1) is 0 Å². The molecule has 0 saturated heterocycles. The quantitative estimate of drug-likeness (QED) is 0.267. The van der Waals surface area contributed by atoms with E-state index in [0.29, 0.717) is 19.0 Å². The average Bonchev–Trinajstić information content (AvgIpc) is 2.55. The molecular weight excluding hydrogens is 332 g/mol. The minimum Gasteiger partial charge on any atom is -0.494 e. The predicted molar refractivity (Wildman–Crippen MR) is 90.6 cm³/mol. The first kappa shape index (κ1) is 20.2. The number of carbonyl (C=O) groups excluding carboxylic acids is 1. The molecule has 6 nitrogen and oxygen atoms in total. The summed E-state index contributed by atoms with van der Waals surface area (Å²) in [5, 5.41) is 0. The number of esters is 1. The van der Waals surface area contributed by atoms with Crippen molar-refractivity contribution in [3.05, 3.63) is 36.9 Å². The van der Waals surface area contributed by atoms with Crippen molar-refractivity contribution in [3.63, 3.8) is 0 Å². The Labute approximate surface area is 143 Å². The van der Waals surface area contributed by atoms with Crippen LogP contribution in [0.5, 0.6) is 5.75 Å². The molecule has 0 saturated carbocycles. The van der Waals surface area contributed by atoms with Gasteiger partial charge in [-0.1, -0.05) is 32.3 Å². The number of ether oxygens (including phenoxy) is 2. The van der Waals surface area contributed by atoms with Crippen molar-refractivity contribution in [2.24, 2.45) is 0 Å². The third kappa shape index (κ3) is 8.69. The van der Waals surface area contributed by atoms with E-state index in [1.54, 1.807) is 0 Å². The lowest BCUT2D eigenvalue weighted by molar-refractivity contribution is -0.137. The van der Waals surface area contributed by atoms with E-state index in [0.717, 1.165) is 44.6 Å². The Morgan fingerprint density at radius 3 is 2.08 bits per heavy atom. The molecule has 7 heteroatoms. The zero-order chi connectivity index (χ0) is 17.8. The van der Waals surface area contributed by atoms with E-state index in [4.69, 9.17) is 14.0 Å². The van der Waals surface area contributed by atoms with Gasteiger partial charge in [0.25, 0.3) is 10.1 Å². The summed E-state index contributed by atoms with van der Waals surface area (Å²) < 4.78 is 41.1. The van der Waals surface area contributed by atoms with Crippen LogP contribution < -0.4 is 4.74 Å². The fourth-order valence-corrected chi connectivity index (χ4v) is 2.52. The van der Waals surface area contributed by atoms with Crippen LogP contribution in [0.3, 0.4) is 0 Å². The minimum atomic E-state index is -4.16. The van der Waals surface area contributed by atoms with E-state index in [-0.39, 0.29) is 10.9 Å². The number of carbonyl (C=O) groups is 1. The molecule has 0 unspecified atom stereocenters. The third-order valence-electron chi connectivity index (χ3n) is 3.34. The molecule has 0 bridgehead atoms. The summed E-state index contributed by atoms with van der Waals surface area (Å²) in [5.41, 5.74) is 0. The molecule has 24 heavy (non-hydrogen) atoms. The van der Waals surface area contributed by atoms with Gasteiger partial charge in [-0.05, 0) is 37.1 Å². The van der Waals surface area contributed by atoms with Gasteiger partial charge < -0.3 is 9.47 Å². The normalized spacial score (nSPS) is 11.0. The van der Waals surface area contributed by atoms with E-state index in [9.17, 15) is 13.2 Å². The van der Waals surface area contributed by atoms with Gasteiger partial charge in [0, 0.05) is 6.08 Å². The first-order valence-corrected chi connectivity index (χ1v) is 9.37. The maximum atomic E-state index is 10.9. The second-order valence-corrected chi connectivity index (χ2v) is 6.71. The van der Waals surface area contributed by atoms with Crippen LogP contribution in [-0.4, -0.2) is 32.2 Å². The number of benzene rings is 1. The van der Waals surface area contributed by atoms with E-state index < -0.39 is 10.1 Å². The van der Waals surface area contributed by atoms with Crippen LogP contribution in [0, 0.1) is 0 Å². The molecule has 0 aliphatic rings. The minimum absolute atomic E-state index is 0.145. The van der Waals surface area contributed by atoms with E-state index in [1.165, 1.54) is 24.3 Å². The highest BCUT2D eigenvalue weighted by Gasteiger charge is 2.08. The number of rotatable bonds is 12. The van der Waals surface area contributed by atoms with Gasteiger partial charge >= 0.3 is 5.97 Å². The molecule has 0 spiro atoms. The standard InChI is InChI=1S/C17H24O6S/c1-2-17(18)23-14-8-6-4-3-5-7-13-22-15-9-11-16(12-10-15)24(19,20)21/h2,9-12H,1,3-8,13-14H2,(H,19,20,21). The molecule has 0 aromatic heterocycles. The molecule has 0 radical (unpaired) electrons. The molecule has 0 atom stereocenters. The maximum absolute atomic E-state index is 10.9. The van der Waals surface area contributed by atoms with Gasteiger partial charge in [0.2, 0.25) is 0 Å². The van der Waals surface area contributed by atoms with Crippen LogP contribution in [-0.2, 0) is 19.6 Å². The molecule has 1 aromatic rings. The first-order valence-electron chi connectivity index (χ1n) is 7.93. The Morgan fingerprint density at radius 2 is 1.54 bits per heavy atom. The number of hydrogen-bond acceptors (Lipinski definition) is 5. The number of hydrogen-bond donors (Lipinski definition) is 1. The predicted octanol–water partition coefficient (Wildman–Crippen LogP) is 3.38. The highest BCUT2D eigenvalue weighted by molar-refractivity contribution is 7.85. The van der Waals surface area contributed by atoms with Gasteiger partial charge in [-0.25, -0.2) is 4.79 Å². The molecule has 1 N–H and O–H groups in total. The second kappa shape index (κ2) is 10.8.